The lowest BCUT2D eigenvalue weighted by molar-refractivity contribution is 0.154. The van der Waals surface area contributed by atoms with Crippen molar-refractivity contribution in [3.05, 3.63) is 84.4 Å². The van der Waals surface area contributed by atoms with E-state index in [-0.39, 0.29) is 12.0 Å². The van der Waals surface area contributed by atoms with Crippen molar-refractivity contribution >= 4 is 29.2 Å². The Morgan fingerprint density at radius 1 is 0.775 bits per heavy atom. The summed E-state index contributed by atoms with van der Waals surface area (Å²) in [6.45, 7) is 6.95. The summed E-state index contributed by atoms with van der Waals surface area (Å²) in [6.07, 6.45) is 7.07. The highest BCUT2D eigenvalue weighted by atomic mass is 16.3. The Hall–Kier alpha value is -4.31. The van der Waals surface area contributed by atoms with Gasteiger partial charge in [0.25, 0.3) is 0 Å². The molecule has 2 aliphatic heterocycles. The molecular weight excluding hydrogens is 502 g/mol. The molecule has 2 N–H and O–H groups in total. The third kappa shape index (κ3) is 5.96. The van der Waals surface area contributed by atoms with Crippen molar-refractivity contribution in [2.24, 2.45) is 0 Å². The summed E-state index contributed by atoms with van der Waals surface area (Å²) < 4.78 is 0. The van der Waals surface area contributed by atoms with Gasteiger partial charge in [-0.3, -0.25) is 0 Å². The van der Waals surface area contributed by atoms with E-state index in [2.05, 4.69) is 88.3 Å². The molecule has 2 aliphatic rings. The molecule has 2 aromatic carbocycles. The van der Waals surface area contributed by atoms with Gasteiger partial charge in [-0.25, -0.2) is 19.9 Å². The molecule has 4 aromatic rings. The summed E-state index contributed by atoms with van der Waals surface area (Å²) in [4.78, 5) is 29.4. The Balaban J connectivity index is 1.04. The van der Waals surface area contributed by atoms with E-state index < -0.39 is 0 Å². The van der Waals surface area contributed by atoms with Crippen LogP contribution >= 0.6 is 0 Å². The number of anilines is 5. The van der Waals surface area contributed by atoms with Crippen LogP contribution in [0, 0.1) is 0 Å². The van der Waals surface area contributed by atoms with Gasteiger partial charge in [-0.15, -0.1) is 0 Å². The number of hydrogen-bond acceptors (Lipinski definition) is 10. The van der Waals surface area contributed by atoms with Gasteiger partial charge < -0.3 is 25.1 Å². The van der Waals surface area contributed by atoms with Crippen LogP contribution < -0.4 is 20.0 Å². The standard InChI is InChI=1S/C30H35N9O/c1-22(23-6-3-2-4-7-23)24-18-31-29(32-19-24)37-14-16-38(17-15-37)30-34-21-33-28(36-30)35-25-9-11-26(12-10-25)39-13-5-8-27(40)20-39/h2-4,6-7,9-12,18-19,21-22,27,40H,5,8,13-17,20H2,1H3,(H,33,34,35,36)/t22-,27-/m1/s1. The number of aliphatic hydroxyl groups is 1. The van der Waals surface area contributed by atoms with Crippen molar-refractivity contribution in [2.45, 2.75) is 31.8 Å². The van der Waals surface area contributed by atoms with Gasteiger partial charge >= 0.3 is 0 Å². The van der Waals surface area contributed by atoms with E-state index in [1.165, 1.54) is 5.56 Å². The number of nitrogens with zero attached hydrogens (tertiary/aromatic N) is 8. The summed E-state index contributed by atoms with van der Waals surface area (Å²) >= 11 is 0. The first-order valence-corrected chi connectivity index (χ1v) is 14.0. The van der Waals surface area contributed by atoms with E-state index in [1.807, 2.05) is 30.6 Å². The molecular formula is C30H35N9O. The van der Waals surface area contributed by atoms with Crippen LogP contribution in [0.5, 0.6) is 0 Å². The summed E-state index contributed by atoms with van der Waals surface area (Å²) in [5.74, 6) is 2.17. The summed E-state index contributed by atoms with van der Waals surface area (Å²) in [7, 11) is 0. The van der Waals surface area contributed by atoms with Crippen LogP contribution in [0.3, 0.4) is 0 Å². The molecule has 40 heavy (non-hydrogen) atoms. The van der Waals surface area contributed by atoms with Gasteiger partial charge in [0.1, 0.15) is 6.33 Å². The van der Waals surface area contributed by atoms with Crippen molar-refractivity contribution in [2.75, 3.05) is 59.3 Å². The molecule has 0 saturated carbocycles. The number of benzene rings is 2. The minimum Gasteiger partial charge on any atom is -0.391 e. The number of piperazine rings is 1. The van der Waals surface area contributed by atoms with Gasteiger partial charge in [0, 0.05) is 69.0 Å². The van der Waals surface area contributed by atoms with Crippen LogP contribution in [-0.4, -0.2) is 75.4 Å². The molecule has 2 aromatic heterocycles. The molecule has 0 amide bonds. The van der Waals surface area contributed by atoms with Crippen LogP contribution in [0.4, 0.5) is 29.2 Å². The Morgan fingerprint density at radius 3 is 2.17 bits per heavy atom. The minimum absolute atomic E-state index is 0.250. The molecule has 2 atom stereocenters. The smallest absolute Gasteiger partial charge is 0.231 e. The summed E-state index contributed by atoms with van der Waals surface area (Å²) in [5.41, 5.74) is 4.39. The van der Waals surface area contributed by atoms with Crippen molar-refractivity contribution in [3.63, 3.8) is 0 Å². The SMILES string of the molecule is C[C@H](c1ccccc1)c1cnc(N2CCN(c3ncnc(Nc4ccc(N5CCC[C@@H](O)C5)cc4)n3)CC2)nc1. The first-order valence-electron chi connectivity index (χ1n) is 14.0. The maximum Gasteiger partial charge on any atom is 0.231 e. The molecule has 0 bridgehead atoms. The van der Waals surface area contributed by atoms with E-state index in [0.29, 0.717) is 18.4 Å². The zero-order chi connectivity index (χ0) is 27.3. The number of hydrogen-bond donors (Lipinski definition) is 2. The summed E-state index contributed by atoms with van der Waals surface area (Å²) in [5, 5.41) is 13.3. The van der Waals surface area contributed by atoms with Gasteiger partial charge in [0.05, 0.1) is 6.10 Å². The number of aromatic nitrogens is 5. The van der Waals surface area contributed by atoms with E-state index >= 15 is 0 Å². The Labute approximate surface area is 234 Å². The maximum absolute atomic E-state index is 9.97. The summed E-state index contributed by atoms with van der Waals surface area (Å²) in [6, 6.07) is 18.6. The molecule has 0 radical (unpaired) electrons. The van der Waals surface area contributed by atoms with Crippen molar-refractivity contribution in [3.8, 4) is 0 Å². The van der Waals surface area contributed by atoms with Crippen molar-refractivity contribution in [1.29, 1.82) is 0 Å². The van der Waals surface area contributed by atoms with Gasteiger partial charge in [0.2, 0.25) is 17.8 Å². The lowest BCUT2D eigenvalue weighted by Gasteiger charge is -2.34. The average Bonchev–Trinajstić information content (AvgIpc) is 3.02. The highest BCUT2D eigenvalue weighted by Gasteiger charge is 2.22. The highest BCUT2D eigenvalue weighted by Crippen LogP contribution is 2.25. The topological polar surface area (TPSA) is 106 Å². The Bertz CT molecular complexity index is 1380. The first kappa shape index (κ1) is 25.9. The average molecular weight is 538 g/mol. The maximum atomic E-state index is 9.97. The molecule has 10 nitrogen and oxygen atoms in total. The fourth-order valence-corrected chi connectivity index (χ4v) is 5.33. The number of piperidine rings is 1. The number of nitrogens with one attached hydrogen (secondary N) is 1. The number of β-amino-alcohol motifs (C(OH)–C–C–N with tert-alkyl or cyclic N) is 1. The zero-order valence-electron chi connectivity index (χ0n) is 22.8. The fraction of sp³-hybridized carbons (Fsp3) is 0.367. The third-order valence-corrected chi connectivity index (χ3v) is 7.75. The quantitative estimate of drug-likeness (QED) is 0.361. The molecule has 0 aliphatic carbocycles. The molecule has 2 fully saturated rings. The normalized spacial score (nSPS) is 18.4. The Morgan fingerprint density at radius 2 is 1.48 bits per heavy atom. The molecule has 6 rings (SSSR count). The van der Waals surface area contributed by atoms with Gasteiger partial charge in [-0.05, 0) is 48.2 Å². The predicted octanol–water partition coefficient (Wildman–Crippen LogP) is 3.84. The highest BCUT2D eigenvalue weighted by molar-refractivity contribution is 5.60. The van der Waals surface area contributed by atoms with Gasteiger partial charge in [0.15, 0.2) is 0 Å². The third-order valence-electron chi connectivity index (χ3n) is 7.75. The molecule has 2 saturated heterocycles. The van der Waals surface area contributed by atoms with E-state index in [0.717, 1.165) is 68.5 Å². The molecule has 0 unspecified atom stereocenters. The Kier molecular flexibility index (Phi) is 7.67. The predicted molar refractivity (Wildman–Crippen MR) is 157 cm³/mol. The van der Waals surface area contributed by atoms with E-state index in [9.17, 15) is 5.11 Å². The van der Waals surface area contributed by atoms with Crippen molar-refractivity contribution < 1.29 is 5.11 Å². The molecule has 4 heterocycles. The van der Waals surface area contributed by atoms with Crippen LogP contribution in [0.2, 0.25) is 0 Å². The molecule has 0 spiro atoms. The lowest BCUT2D eigenvalue weighted by Crippen LogP contribution is -2.47. The monoisotopic (exact) mass is 537 g/mol. The second-order valence-corrected chi connectivity index (χ2v) is 10.4. The van der Waals surface area contributed by atoms with Gasteiger partial charge in [-0.2, -0.15) is 4.98 Å². The molecule has 206 valence electrons. The zero-order valence-corrected chi connectivity index (χ0v) is 22.8. The fourth-order valence-electron chi connectivity index (χ4n) is 5.33. The van der Waals surface area contributed by atoms with E-state index in [4.69, 9.17) is 0 Å². The van der Waals surface area contributed by atoms with Crippen molar-refractivity contribution in [1.82, 2.24) is 24.9 Å². The largest absolute Gasteiger partial charge is 0.391 e. The number of rotatable bonds is 7. The van der Waals surface area contributed by atoms with Crippen LogP contribution in [0.1, 0.15) is 36.8 Å². The van der Waals surface area contributed by atoms with Crippen LogP contribution in [-0.2, 0) is 0 Å². The van der Waals surface area contributed by atoms with E-state index in [1.54, 1.807) is 6.33 Å². The minimum atomic E-state index is -0.251. The lowest BCUT2D eigenvalue weighted by atomic mass is 9.96. The number of aliphatic hydroxyl groups excluding tert-OH is 1. The molecule has 10 heteroatoms. The second-order valence-electron chi connectivity index (χ2n) is 10.4. The first-order chi connectivity index (χ1) is 19.6. The van der Waals surface area contributed by atoms with Crippen LogP contribution in [0.15, 0.2) is 73.3 Å². The van der Waals surface area contributed by atoms with Gasteiger partial charge in [-0.1, -0.05) is 37.3 Å². The van der Waals surface area contributed by atoms with Crippen LogP contribution in [0.25, 0.3) is 0 Å². The second kappa shape index (κ2) is 11.8.